The molecule has 3 amide bonds. The molecule has 0 aliphatic carbocycles. The Balaban J connectivity index is 1.81. The van der Waals surface area contributed by atoms with E-state index in [9.17, 15) is 27.2 Å². The van der Waals surface area contributed by atoms with Gasteiger partial charge in [-0.1, -0.05) is 12.1 Å². The van der Waals surface area contributed by atoms with E-state index < -0.39 is 38.5 Å². The van der Waals surface area contributed by atoms with Crippen LogP contribution in [0.25, 0.3) is 0 Å². The van der Waals surface area contributed by atoms with Gasteiger partial charge in [0.05, 0.1) is 11.3 Å². The molecule has 1 fully saturated rings. The summed E-state index contributed by atoms with van der Waals surface area (Å²) >= 11 is 0. The Morgan fingerprint density at radius 2 is 1.72 bits per heavy atom. The maximum absolute atomic E-state index is 14.3. The number of nitrogens with two attached hydrogens (primary N) is 1. The Morgan fingerprint density at radius 3 is 2.41 bits per heavy atom. The summed E-state index contributed by atoms with van der Waals surface area (Å²) in [5.74, 6) is -2.75. The van der Waals surface area contributed by atoms with E-state index in [1.807, 2.05) is 0 Å². The Kier molecular flexibility index (Phi) is 7.21. The van der Waals surface area contributed by atoms with Crippen molar-refractivity contribution in [2.45, 2.75) is 24.2 Å². The lowest BCUT2D eigenvalue weighted by Gasteiger charge is -2.17. The smallest absolute Gasteiger partial charge is 0.255 e. The number of carbonyl (C=O) groups excluding carboxylic acids is 3. The number of para-hydroxylation sites is 1. The fourth-order valence-corrected chi connectivity index (χ4v) is 4.90. The Bertz CT molecular complexity index is 1150. The van der Waals surface area contributed by atoms with E-state index >= 15 is 0 Å². The minimum absolute atomic E-state index is 0.0339. The average molecular weight is 463 g/mol. The molecule has 170 valence electrons. The Morgan fingerprint density at radius 1 is 1.03 bits per heavy atom. The maximum atomic E-state index is 14.3. The molecular formula is C21H23FN4O5S. The molecule has 4 N–H and O–H groups in total. The van der Waals surface area contributed by atoms with E-state index in [1.165, 1.54) is 22.5 Å². The van der Waals surface area contributed by atoms with Gasteiger partial charge in [0, 0.05) is 31.6 Å². The van der Waals surface area contributed by atoms with Crippen LogP contribution < -0.4 is 16.4 Å². The van der Waals surface area contributed by atoms with E-state index in [0.717, 1.165) is 12.1 Å². The van der Waals surface area contributed by atoms with E-state index in [0.29, 0.717) is 25.9 Å². The molecule has 2 aromatic rings. The maximum Gasteiger partial charge on any atom is 0.255 e. The lowest BCUT2D eigenvalue weighted by Crippen LogP contribution is -2.29. The summed E-state index contributed by atoms with van der Waals surface area (Å²) in [5.41, 5.74) is 5.28. The summed E-state index contributed by atoms with van der Waals surface area (Å²) in [6, 6.07) is 9.26. The lowest BCUT2D eigenvalue weighted by atomic mass is 10.1. The second kappa shape index (κ2) is 9.88. The van der Waals surface area contributed by atoms with E-state index in [1.54, 1.807) is 12.1 Å². The molecule has 0 saturated carbocycles. The van der Waals surface area contributed by atoms with Crippen LogP contribution in [0.4, 0.5) is 10.1 Å². The molecule has 0 unspecified atom stereocenters. The van der Waals surface area contributed by atoms with Gasteiger partial charge in [0.25, 0.3) is 11.8 Å². The summed E-state index contributed by atoms with van der Waals surface area (Å²) in [7, 11) is -4.06. The highest BCUT2D eigenvalue weighted by Crippen LogP contribution is 2.25. The van der Waals surface area contributed by atoms with Gasteiger partial charge in [-0.15, -0.1) is 0 Å². The first-order chi connectivity index (χ1) is 15.2. The summed E-state index contributed by atoms with van der Waals surface area (Å²) in [4.78, 5) is 35.4. The molecule has 1 heterocycles. The molecule has 32 heavy (non-hydrogen) atoms. The fourth-order valence-electron chi connectivity index (χ4n) is 3.29. The summed E-state index contributed by atoms with van der Waals surface area (Å²) < 4.78 is 41.0. The van der Waals surface area contributed by atoms with Crippen LogP contribution in [0.2, 0.25) is 0 Å². The summed E-state index contributed by atoms with van der Waals surface area (Å²) in [6.07, 6.45) is 1.35. The first-order valence-corrected chi connectivity index (χ1v) is 11.4. The molecule has 3 rings (SSSR count). The first-order valence-electron chi connectivity index (χ1n) is 9.97. The van der Waals surface area contributed by atoms with Crippen molar-refractivity contribution in [1.29, 1.82) is 0 Å². The van der Waals surface area contributed by atoms with Crippen LogP contribution in [-0.4, -0.2) is 50.1 Å². The molecule has 0 spiro atoms. The van der Waals surface area contributed by atoms with Crippen molar-refractivity contribution in [1.82, 2.24) is 9.62 Å². The van der Waals surface area contributed by atoms with E-state index in [2.05, 4.69) is 10.6 Å². The third-order valence-corrected chi connectivity index (χ3v) is 6.87. The van der Waals surface area contributed by atoms with Gasteiger partial charge < -0.3 is 16.4 Å². The van der Waals surface area contributed by atoms with E-state index in [4.69, 9.17) is 5.73 Å². The van der Waals surface area contributed by atoms with Crippen LogP contribution in [0.3, 0.4) is 0 Å². The molecule has 2 aromatic carbocycles. The number of rotatable bonds is 8. The van der Waals surface area contributed by atoms with Gasteiger partial charge >= 0.3 is 0 Å². The van der Waals surface area contributed by atoms with Crippen LogP contribution in [0.5, 0.6) is 0 Å². The fraction of sp³-hybridized carbons (Fsp3) is 0.286. The Hall–Kier alpha value is -3.31. The number of nitrogens with zero attached hydrogens (tertiary/aromatic N) is 1. The first kappa shape index (κ1) is 23.4. The number of nitrogens with one attached hydrogen (secondary N) is 2. The number of sulfonamides is 1. The van der Waals surface area contributed by atoms with Gasteiger partial charge in [0.15, 0.2) is 0 Å². The van der Waals surface area contributed by atoms with E-state index in [-0.39, 0.29) is 29.8 Å². The highest BCUT2D eigenvalue weighted by Gasteiger charge is 2.30. The third kappa shape index (κ3) is 5.29. The van der Waals surface area contributed by atoms with Crippen LogP contribution >= 0.6 is 0 Å². The molecule has 0 aromatic heterocycles. The van der Waals surface area contributed by atoms with Crippen LogP contribution in [0, 0.1) is 5.82 Å². The van der Waals surface area contributed by atoms with Gasteiger partial charge in [0.1, 0.15) is 10.7 Å². The van der Waals surface area contributed by atoms with Crippen molar-refractivity contribution in [3.63, 3.8) is 0 Å². The topological polar surface area (TPSA) is 139 Å². The normalized spacial score (nSPS) is 14.2. The van der Waals surface area contributed by atoms with Crippen LogP contribution in [0.15, 0.2) is 47.4 Å². The second-order valence-corrected chi connectivity index (χ2v) is 9.13. The van der Waals surface area contributed by atoms with Gasteiger partial charge in [0.2, 0.25) is 15.9 Å². The number of benzene rings is 2. The number of primary amides is 1. The Labute approximate surface area is 184 Å². The van der Waals surface area contributed by atoms with Crippen molar-refractivity contribution in [3.05, 3.63) is 59.4 Å². The number of amides is 3. The predicted octanol–water partition coefficient (Wildman–Crippen LogP) is 1.47. The zero-order valence-electron chi connectivity index (χ0n) is 17.1. The molecule has 1 saturated heterocycles. The van der Waals surface area contributed by atoms with Gasteiger partial charge in [-0.05, 0) is 43.2 Å². The second-order valence-electron chi connectivity index (χ2n) is 7.23. The van der Waals surface area contributed by atoms with Crippen molar-refractivity contribution in [3.8, 4) is 0 Å². The predicted molar refractivity (Wildman–Crippen MR) is 115 cm³/mol. The number of anilines is 1. The largest absolute Gasteiger partial charge is 0.370 e. The zero-order chi connectivity index (χ0) is 23.3. The van der Waals surface area contributed by atoms with Gasteiger partial charge in [-0.2, -0.15) is 4.31 Å². The van der Waals surface area contributed by atoms with Crippen molar-refractivity contribution in [2.75, 3.05) is 25.0 Å². The summed E-state index contributed by atoms with van der Waals surface area (Å²) in [5, 5.41) is 5.08. The molecule has 0 atom stereocenters. The minimum Gasteiger partial charge on any atom is -0.370 e. The molecule has 0 radical (unpaired) electrons. The van der Waals surface area contributed by atoms with Crippen LogP contribution in [0.1, 0.15) is 40.0 Å². The summed E-state index contributed by atoms with van der Waals surface area (Å²) in [6.45, 7) is 0.638. The molecule has 0 bridgehead atoms. The van der Waals surface area contributed by atoms with Crippen LogP contribution in [-0.2, 0) is 14.8 Å². The number of halogens is 1. The highest BCUT2D eigenvalue weighted by atomic mass is 32.2. The van der Waals surface area contributed by atoms with Gasteiger partial charge in [-0.25, -0.2) is 12.8 Å². The zero-order valence-corrected chi connectivity index (χ0v) is 18.0. The van der Waals surface area contributed by atoms with Crippen molar-refractivity contribution < 1.29 is 27.2 Å². The average Bonchev–Trinajstić information content (AvgIpc) is 3.30. The molecule has 9 nitrogen and oxygen atoms in total. The molecule has 11 heteroatoms. The number of hydrogen-bond acceptors (Lipinski definition) is 5. The standard InChI is InChI=1S/C21H23FN4O5S/c22-16-8-7-14(13-18(16)32(30,31)26-11-3-4-12-26)20(28)25-17-6-2-1-5-15(17)21(29)24-10-9-19(23)27/h1-2,5-8,13H,3-4,9-12H2,(H2,23,27)(H,24,29)(H,25,28). The van der Waals surface area contributed by atoms with Gasteiger partial charge in [-0.3, -0.25) is 14.4 Å². The third-order valence-electron chi connectivity index (χ3n) is 4.95. The van der Waals surface area contributed by atoms with Crippen molar-refractivity contribution >= 4 is 33.4 Å². The molecule has 1 aliphatic rings. The monoisotopic (exact) mass is 462 g/mol. The molecular weight excluding hydrogens is 439 g/mol. The van der Waals surface area contributed by atoms with Crippen molar-refractivity contribution in [2.24, 2.45) is 5.73 Å². The minimum atomic E-state index is -4.06. The number of hydrogen-bond donors (Lipinski definition) is 3. The SMILES string of the molecule is NC(=O)CCNC(=O)c1ccccc1NC(=O)c1ccc(F)c(S(=O)(=O)N2CCCC2)c1. The molecule has 1 aliphatic heterocycles. The lowest BCUT2D eigenvalue weighted by molar-refractivity contribution is -0.117. The quantitative estimate of drug-likeness (QED) is 0.545. The highest BCUT2D eigenvalue weighted by molar-refractivity contribution is 7.89. The number of carbonyl (C=O) groups is 3.